The van der Waals surface area contributed by atoms with Crippen molar-refractivity contribution >= 4 is 35.5 Å². The third kappa shape index (κ3) is 6.92. The number of non-ortho nitro benzene ring substituents is 1. The van der Waals surface area contributed by atoms with Crippen molar-refractivity contribution in [3.8, 4) is 11.5 Å². The standard InChI is InChI=1S/C26H25N5O6/c1-30(2)20-11-9-17(10-12-20)13-22(28-25(33)18-7-5-4-6-8-18)26(34)29-27-16-19-14-21(31(35)36)15-23(37-3)24(19)32/h4-16,32H,1-3H3,(H,28,33)(H,29,34). The molecule has 0 heterocycles. The molecule has 190 valence electrons. The number of methoxy groups -OCH3 is 1. The van der Waals surface area contributed by atoms with Crippen LogP contribution >= 0.6 is 0 Å². The molecule has 0 aromatic heterocycles. The predicted octanol–water partition coefficient (Wildman–Crippen LogP) is 3.30. The van der Waals surface area contributed by atoms with Crippen LogP contribution < -0.4 is 20.4 Å². The van der Waals surface area contributed by atoms with Crippen molar-refractivity contribution in [1.29, 1.82) is 0 Å². The topological polar surface area (TPSA) is 146 Å². The highest BCUT2D eigenvalue weighted by Crippen LogP contribution is 2.33. The second-order valence-electron chi connectivity index (χ2n) is 7.91. The van der Waals surface area contributed by atoms with Gasteiger partial charge in [0.25, 0.3) is 17.5 Å². The summed E-state index contributed by atoms with van der Waals surface area (Å²) in [6, 6.07) is 17.8. The van der Waals surface area contributed by atoms with E-state index in [9.17, 15) is 24.8 Å². The lowest BCUT2D eigenvalue weighted by Gasteiger charge is -2.12. The molecule has 3 rings (SSSR count). The number of benzene rings is 3. The average Bonchev–Trinajstić information content (AvgIpc) is 2.89. The second-order valence-corrected chi connectivity index (χ2v) is 7.91. The van der Waals surface area contributed by atoms with Crippen molar-refractivity contribution in [2.75, 3.05) is 26.1 Å². The lowest BCUT2D eigenvalue weighted by molar-refractivity contribution is -0.385. The molecule has 0 spiro atoms. The van der Waals surface area contributed by atoms with Crippen LogP contribution in [0.1, 0.15) is 21.5 Å². The Balaban J connectivity index is 1.87. The zero-order valence-electron chi connectivity index (χ0n) is 20.3. The number of ether oxygens (including phenoxy) is 1. The van der Waals surface area contributed by atoms with Crippen LogP contribution in [-0.2, 0) is 4.79 Å². The van der Waals surface area contributed by atoms with Crippen LogP contribution in [0.3, 0.4) is 0 Å². The van der Waals surface area contributed by atoms with Gasteiger partial charge in [0.1, 0.15) is 5.70 Å². The van der Waals surface area contributed by atoms with Crippen LogP contribution in [0.5, 0.6) is 11.5 Å². The van der Waals surface area contributed by atoms with Crippen LogP contribution in [0, 0.1) is 10.1 Å². The maximum atomic E-state index is 13.0. The van der Waals surface area contributed by atoms with Gasteiger partial charge < -0.3 is 20.1 Å². The van der Waals surface area contributed by atoms with Crippen LogP contribution in [0.25, 0.3) is 6.08 Å². The molecule has 0 radical (unpaired) electrons. The number of phenols is 1. The number of hydrazone groups is 1. The number of nitrogens with one attached hydrogen (secondary N) is 2. The summed E-state index contributed by atoms with van der Waals surface area (Å²) >= 11 is 0. The zero-order valence-corrected chi connectivity index (χ0v) is 20.3. The molecule has 0 fully saturated rings. The quantitative estimate of drug-likeness (QED) is 0.176. The smallest absolute Gasteiger partial charge is 0.287 e. The van der Waals surface area contributed by atoms with E-state index >= 15 is 0 Å². The molecule has 2 amide bonds. The van der Waals surface area contributed by atoms with E-state index in [1.54, 1.807) is 42.5 Å². The maximum Gasteiger partial charge on any atom is 0.287 e. The van der Waals surface area contributed by atoms with E-state index in [1.165, 1.54) is 13.2 Å². The van der Waals surface area contributed by atoms with Crippen LogP contribution in [0.4, 0.5) is 11.4 Å². The Kier molecular flexibility index (Phi) is 8.55. The summed E-state index contributed by atoms with van der Waals surface area (Å²) in [7, 11) is 5.05. The van der Waals surface area contributed by atoms with Gasteiger partial charge in [-0.3, -0.25) is 19.7 Å². The average molecular weight is 504 g/mol. The molecule has 11 heteroatoms. The molecule has 11 nitrogen and oxygen atoms in total. The Morgan fingerprint density at radius 3 is 2.35 bits per heavy atom. The summed E-state index contributed by atoms with van der Waals surface area (Å²) in [6.45, 7) is 0. The largest absolute Gasteiger partial charge is 0.504 e. The van der Waals surface area contributed by atoms with Crippen LogP contribution in [-0.4, -0.2) is 49.3 Å². The Morgan fingerprint density at radius 2 is 1.76 bits per heavy atom. The van der Waals surface area contributed by atoms with Gasteiger partial charge in [-0.2, -0.15) is 5.10 Å². The van der Waals surface area contributed by atoms with Gasteiger partial charge in [0.15, 0.2) is 11.5 Å². The minimum atomic E-state index is -0.755. The molecule has 0 unspecified atom stereocenters. The fourth-order valence-electron chi connectivity index (χ4n) is 3.17. The van der Waals surface area contributed by atoms with Crippen LogP contribution in [0.15, 0.2) is 77.5 Å². The number of amides is 2. The lowest BCUT2D eigenvalue weighted by Crippen LogP contribution is -2.32. The summed E-state index contributed by atoms with van der Waals surface area (Å²) < 4.78 is 4.95. The molecule has 0 saturated heterocycles. The van der Waals surface area contributed by atoms with Crippen molar-refractivity contribution < 1.29 is 24.4 Å². The first-order valence-corrected chi connectivity index (χ1v) is 10.9. The Labute approximate surface area is 212 Å². The third-order valence-electron chi connectivity index (χ3n) is 5.14. The predicted molar refractivity (Wildman–Crippen MR) is 140 cm³/mol. The first-order valence-electron chi connectivity index (χ1n) is 10.9. The molecule has 3 aromatic rings. The number of nitrogens with zero attached hydrogens (tertiary/aromatic N) is 3. The Morgan fingerprint density at radius 1 is 1.08 bits per heavy atom. The first-order chi connectivity index (χ1) is 17.7. The van der Waals surface area contributed by atoms with Gasteiger partial charge in [-0.15, -0.1) is 0 Å². The SMILES string of the molecule is COc1cc([N+](=O)[O-])cc(C=NNC(=O)C(=Cc2ccc(N(C)C)cc2)NC(=O)c2ccccc2)c1O. The van der Waals surface area contributed by atoms with E-state index in [0.29, 0.717) is 11.1 Å². The van der Waals surface area contributed by atoms with Gasteiger partial charge in [0.2, 0.25) is 0 Å². The summed E-state index contributed by atoms with van der Waals surface area (Å²) in [5.74, 6) is -1.77. The summed E-state index contributed by atoms with van der Waals surface area (Å²) in [4.78, 5) is 38.1. The van der Waals surface area contributed by atoms with Crippen molar-refractivity contribution in [1.82, 2.24) is 10.7 Å². The van der Waals surface area contributed by atoms with E-state index < -0.39 is 16.7 Å². The monoisotopic (exact) mass is 503 g/mol. The van der Waals surface area contributed by atoms with Gasteiger partial charge in [0, 0.05) is 37.0 Å². The second kappa shape index (κ2) is 12.0. The summed E-state index contributed by atoms with van der Waals surface area (Å²) in [5, 5.41) is 27.8. The van der Waals surface area contributed by atoms with E-state index in [0.717, 1.165) is 24.0 Å². The van der Waals surface area contributed by atoms with Gasteiger partial charge in [0.05, 0.1) is 24.3 Å². The van der Waals surface area contributed by atoms with Gasteiger partial charge in [-0.05, 0) is 35.9 Å². The molecular weight excluding hydrogens is 478 g/mol. The van der Waals surface area contributed by atoms with Gasteiger partial charge >= 0.3 is 0 Å². The Bertz CT molecular complexity index is 1350. The molecule has 37 heavy (non-hydrogen) atoms. The summed E-state index contributed by atoms with van der Waals surface area (Å²) in [5.41, 5.74) is 3.74. The number of phenolic OH excluding ortho intramolecular Hbond substituents is 1. The molecular formula is C26H25N5O6. The molecule has 0 aliphatic carbocycles. The number of carbonyl (C=O) groups excluding carboxylic acids is 2. The van der Waals surface area contributed by atoms with Crippen molar-refractivity contribution in [2.24, 2.45) is 5.10 Å². The Hall–Kier alpha value is -5.19. The van der Waals surface area contributed by atoms with Crippen LogP contribution in [0.2, 0.25) is 0 Å². The van der Waals surface area contributed by atoms with Crippen molar-refractivity contribution in [3.05, 3.63) is 99.2 Å². The minimum Gasteiger partial charge on any atom is -0.504 e. The number of anilines is 1. The number of aromatic hydroxyl groups is 1. The van der Waals surface area contributed by atoms with Gasteiger partial charge in [-0.1, -0.05) is 30.3 Å². The number of nitro groups is 1. The molecule has 0 atom stereocenters. The first kappa shape index (κ1) is 26.4. The molecule has 0 saturated carbocycles. The van der Waals surface area contributed by atoms with Crippen molar-refractivity contribution in [3.63, 3.8) is 0 Å². The lowest BCUT2D eigenvalue weighted by atomic mass is 10.1. The molecule has 0 aliphatic rings. The number of carbonyl (C=O) groups is 2. The highest BCUT2D eigenvalue weighted by atomic mass is 16.6. The highest BCUT2D eigenvalue weighted by molar-refractivity contribution is 6.05. The van der Waals surface area contributed by atoms with E-state index in [1.807, 2.05) is 31.1 Å². The number of nitro benzene ring substituents is 1. The van der Waals surface area contributed by atoms with E-state index in [-0.39, 0.29) is 28.4 Å². The van der Waals surface area contributed by atoms with E-state index in [2.05, 4.69) is 15.8 Å². The number of hydrogen-bond donors (Lipinski definition) is 3. The summed E-state index contributed by atoms with van der Waals surface area (Å²) in [6.07, 6.45) is 2.52. The third-order valence-corrected chi connectivity index (χ3v) is 5.14. The molecule has 0 bridgehead atoms. The fraction of sp³-hybridized carbons (Fsp3) is 0.115. The highest BCUT2D eigenvalue weighted by Gasteiger charge is 2.17. The van der Waals surface area contributed by atoms with Crippen molar-refractivity contribution in [2.45, 2.75) is 0 Å². The van der Waals surface area contributed by atoms with Gasteiger partial charge in [-0.25, -0.2) is 5.43 Å². The fourth-order valence-corrected chi connectivity index (χ4v) is 3.17. The molecule has 3 aromatic carbocycles. The number of rotatable bonds is 9. The maximum absolute atomic E-state index is 13.0. The zero-order chi connectivity index (χ0) is 26.9. The molecule has 3 N–H and O–H groups in total. The number of hydrogen-bond acceptors (Lipinski definition) is 8. The minimum absolute atomic E-state index is 0.0514. The molecule has 0 aliphatic heterocycles. The normalized spacial score (nSPS) is 11.2. The van der Waals surface area contributed by atoms with E-state index in [4.69, 9.17) is 4.74 Å².